The zero-order valence-corrected chi connectivity index (χ0v) is 7.61. The van der Waals surface area contributed by atoms with E-state index in [0.717, 1.165) is 12.1 Å². The maximum Gasteiger partial charge on any atom is 0.159 e. The minimum atomic E-state index is -0.853. The average molecular weight is 202 g/mol. The molecular formula is C10H8ClF2. The molecule has 69 valence electrons. The van der Waals surface area contributed by atoms with Crippen LogP contribution in [0, 0.1) is 18.1 Å². The van der Waals surface area contributed by atoms with Gasteiger partial charge in [-0.05, 0) is 30.5 Å². The Morgan fingerprint density at radius 3 is 2.62 bits per heavy atom. The average Bonchev–Trinajstić information content (AvgIpc) is 2.07. The lowest BCUT2D eigenvalue weighted by Crippen LogP contribution is -1.87. The van der Waals surface area contributed by atoms with Crippen molar-refractivity contribution in [2.75, 3.05) is 0 Å². The summed E-state index contributed by atoms with van der Waals surface area (Å²) in [6.45, 7) is 3.48. The molecular weight excluding hydrogens is 194 g/mol. The van der Waals surface area contributed by atoms with E-state index < -0.39 is 11.6 Å². The molecule has 0 aromatic heterocycles. The smallest absolute Gasteiger partial charge is 0.159 e. The molecule has 1 rings (SSSR count). The predicted octanol–water partition coefficient (Wildman–Crippen LogP) is 3.66. The van der Waals surface area contributed by atoms with Crippen molar-refractivity contribution in [1.82, 2.24) is 0 Å². The van der Waals surface area contributed by atoms with Gasteiger partial charge < -0.3 is 0 Å². The van der Waals surface area contributed by atoms with Crippen LogP contribution in [0.2, 0.25) is 0 Å². The summed E-state index contributed by atoms with van der Waals surface area (Å²) in [7, 11) is 0. The van der Waals surface area contributed by atoms with Crippen molar-refractivity contribution >= 4 is 11.6 Å². The molecule has 0 aliphatic carbocycles. The summed E-state index contributed by atoms with van der Waals surface area (Å²) < 4.78 is 25.1. The monoisotopic (exact) mass is 201 g/mol. The Labute approximate surface area is 80.8 Å². The molecule has 0 fully saturated rings. The molecule has 0 bridgehead atoms. The molecule has 0 unspecified atom stereocenters. The summed E-state index contributed by atoms with van der Waals surface area (Å²) >= 11 is 5.51. The highest BCUT2D eigenvalue weighted by Gasteiger charge is 2.02. The van der Waals surface area contributed by atoms with E-state index in [0.29, 0.717) is 17.0 Å². The SMILES string of the molecule is C=C(Cl)C[CH]c1ccc(F)c(F)c1. The molecule has 1 aromatic carbocycles. The van der Waals surface area contributed by atoms with Crippen molar-refractivity contribution in [3.63, 3.8) is 0 Å². The molecule has 13 heavy (non-hydrogen) atoms. The molecule has 0 aliphatic heterocycles. The zero-order chi connectivity index (χ0) is 9.84. The van der Waals surface area contributed by atoms with Crippen LogP contribution in [0.15, 0.2) is 29.8 Å². The van der Waals surface area contributed by atoms with Crippen molar-refractivity contribution in [2.45, 2.75) is 6.42 Å². The molecule has 0 amide bonds. The molecule has 3 heteroatoms. The molecule has 1 radical (unpaired) electrons. The normalized spacial score (nSPS) is 10.1. The van der Waals surface area contributed by atoms with E-state index >= 15 is 0 Å². The number of hydrogen-bond acceptors (Lipinski definition) is 0. The van der Waals surface area contributed by atoms with Gasteiger partial charge in [0, 0.05) is 5.03 Å². The van der Waals surface area contributed by atoms with Crippen LogP contribution in [0.3, 0.4) is 0 Å². The van der Waals surface area contributed by atoms with E-state index in [2.05, 4.69) is 6.58 Å². The van der Waals surface area contributed by atoms with Gasteiger partial charge in [-0.3, -0.25) is 0 Å². The van der Waals surface area contributed by atoms with Crippen molar-refractivity contribution in [3.8, 4) is 0 Å². The largest absolute Gasteiger partial charge is 0.204 e. The summed E-state index contributed by atoms with van der Waals surface area (Å²) in [6.07, 6.45) is 2.13. The zero-order valence-electron chi connectivity index (χ0n) is 6.86. The van der Waals surface area contributed by atoms with Crippen LogP contribution in [-0.4, -0.2) is 0 Å². The highest BCUT2D eigenvalue weighted by molar-refractivity contribution is 6.29. The first-order chi connectivity index (χ1) is 6.09. The molecule has 0 aliphatic rings. The maximum absolute atomic E-state index is 12.7. The third kappa shape index (κ3) is 3.15. The number of halogens is 3. The van der Waals surface area contributed by atoms with Gasteiger partial charge in [0.05, 0.1) is 0 Å². The second-order valence-corrected chi connectivity index (χ2v) is 3.13. The van der Waals surface area contributed by atoms with E-state index in [1.165, 1.54) is 6.07 Å². The first-order valence-electron chi connectivity index (χ1n) is 3.71. The Hall–Kier alpha value is -0.890. The lowest BCUT2D eigenvalue weighted by atomic mass is 10.1. The molecule has 0 saturated heterocycles. The first-order valence-corrected chi connectivity index (χ1v) is 4.09. The third-order valence-electron chi connectivity index (χ3n) is 1.50. The van der Waals surface area contributed by atoms with Gasteiger partial charge in [-0.1, -0.05) is 24.2 Å². The Bertz CT molecular complexity index is 321. The molecule has 0 N–H and O–H groups in total. The summed E-state index contributed by atoms with van der Waals surface area (Å²) in [5.41, 5.74) is 0.598. The van der Waals surface area contributed by atoms with Crippen LogP contribution in [0.1, 0.15) is 12.0 Å². The summed E-state index contributed by atoms with van der Waals surface area (Å²) in [5, 5.41) is 0.463. The number of hydrogen-bond donors (Lipinski definition) is 0. The van der Waals surface area contributed by atoms with E-state index in [1.54, 1.807) is 6.42 Å². The minimum absolute atomic E-state index is 0.451. The fourth-order valence-corrected chi connectivity index (χ4v) is 0.945. The second kappa shape index (κ2) is 4.38. The molecule has 0 heterocycles. The summed E-state index contributed by atoms with van der Waals surface area (Å²) in [5.74, 6) is -1.70. The van der Waals surface area contributed by atoms with Crippen LogP contribution >= 0.6 is 11.6 Å². The van der Waals surface area contributed by atoms with Gasteiger partial charge in [-0.15, -0.1) is 0 Å². The summed E-state index contributed by atoms with van der Waals surface area (Å²) in [6, 6.07) is 3.69. The van der Waals surface area contributed by atoms with E-state index in [9.17, 15) is 8.78 Å². The van der Waals surface area contributed by atoms with Crippen molar-refractivity contribution < 1.29 is 8.78 Å². The highest BCUT2D eigenvalue weighted by Crippen LogP contribution is 2.15. The topological polar surface area (TPSA) is 0 Å². The van der Waals surface area contributed by atoms with Crippen LogP contribution in [0.25, 0.3) is 0 Å². The Kier molecular flexibility index (Phi) is 3.43. The van der Waals surface area contributed by atoms with E-state index in [4.69, 9.17) is 11.6 Å². The lowest BCUT2D eigenvalue weighted by Gasteiger charge is -2.00. The van der Waals surface area contributed by atoms with Crippen molar-refractivity contribution in [2.24, 2.45) is 0 Å². The Balaban J connectivity index is 2.68. The highest BCUT2D eigenvalue weighted by atomic mass is 35.5. The van der Waals surface area contributed by atoms with Gasteiger partial charge in [0.25, 0.3) is 0 Å². The van der Waals surface area contributed by atoms with E-state index in [-0.39, 0.29) is 0 Å². The molecule has 0 saturated carbocycles. The maximum atomic E-state index is 12.7. The molecule has 0 atom stereocenters. The quantitative estimate of drug-likeness (QED) is 0.700. The summed E-state index contributed by atoms with van der Waals surface area (Å²) in [4.78, 5) is 0. The van der Waals surface area contributed by atoms with Gasteiger partial charge in [0.1, 0.15) is 0 Å². The molecule has 0 spiro atoms. The molecule has 0 nitrogen and oxygen atoms in total. The number of allylic oxidation sites excluding steroid dienone is 1. The number of rotatable bonds is 3. The van der Waals surface area contributed by atoms with Crippen molar-refractivity contribution in [1.29, 1.82) is 0 Å². The van der Waals surface area contributed by atoms with Gasteiger partial charge in [0.2, 0.25) is 0 Å². The van der Waals surface area contributed by atoms with Gasteiger partial charge >= 0.3 is 0 Å². The lowest BCUT2D eigenvalue weighted by molar-refractivity contribution is 0.508. The van der Waals surface area contributed by atoms with Crippen molar-refractivity contribution in [3.05, 3.63) is 53.4 Å². The third-order valence-corrected chi connectivity index (χ3v) is 1.66. The minimum Gasteiger partial charge on any atom is -0.204 e. The van der Waals surface area contributed by atoms with Crippen LogP contribution < -0.4 is 0 Å². The van der Waals surface area contributed by atoms with Gasteiger partial charge in [-0.25, -0.2) is 8.78 Å². The Morgan fingerprint density at radius 2 is 2.08 bits per heavy atom. The van der Waals surface area contributed by atoms with Gasteiger partial charge in [-0.2, -0.15) is 0 Å². The van der Waals surface area contributed by atoms with Crippen LogP contribution in [0.4, 0.5) is 8.78 Å². The Morgan fingerprint density at radius 1 is 1.38 bits per heavy atom. The van der Waals surface area contributed by atoms with Gasteiger partial charge in [0.15, 0.2) is 11.6 Å². The standard InChI is InChI=1S/C10H8ClF2/c1-7(11)2-3-8-4-5-9(12)10(13)6-8/h3-6H,1-2H2. The van der Waals surface area contributed by atoms with Crippen LogP contribution in [-0.2, 0) is 0 Å². The van der Waals surface area contributed by atoms with Crippen LogP contribution in [0.5, 0.6) is 0 Å². The second-order valence-electron chi connectivity index (χ2n) is 2.60. The molecule has 1 aromatic rings. The number of benzene rings is 1. The fourth-order valence-electron chi connectivity index (χ4n) is 0.868. The fraction of sp³-hybridized carbons (Fsp3) is 0.100. The first kappa shape index (κ1) is 10.2. The predicted molar refractivity (Wildman–Crippen MR) is 49.4 cm³/mol. The van der Waals surface area contributed by atoms with E-state index in [1.807, 2.05) is 0 Å².